The van der Waals surface area contributed by atoms with Gasteiger partial charge in [0.25, 0.3) is 0 Å². The van der Waals surface area contributed by atoms with Crippen LogP contribution in [0.1, 0.15) is 12.0 Å². The van der Waals surface area contributed by atoms with Crippen molar-refractivity contribution in [2.24, 2.45) is 0 Å². The first-order chi connectivity index (χ1) is 15.3. The van der Waals surface area contributed by atoms with Gasteiger partial charge in [0.15, 0.2) is 27.2 Å². The van der Waals surface area contributed by atoms with Crippen molar-refractivity contribution >= 4 is 28.7 Å². The third kappa shape index (κ3) is 4.36. The molecule has 5 rings (SSSR count). The number of imidazole rings is 1. The van der Waals surface area contributed by atoms with Gasteiger partial charge in [-0.3, -0.25) is 0 Å². The van der Waals surface area contributed by atoms with Crippen molar-refractivity contribution in [1.82, 2.24) is 24.1 Å². The molecular formula is C22H22N6O2S. The molecule has 0 bridgehead atoms. The van der Waals surface area contributed by atoms with E-state index in [-0.39, 0.29) is 6.29 Å². The molecule has 3 aromatic heterocycles. The van der Waals surface area contributed by atoms with Crippen LogP contribution in [0, 0.1) is 0 Å². The number of aromatic nitrogens is 5. The monoisotopic (exact) mass is 434 g/mol. The number of benzene rings is 1. The molecule has 158 valence electrons. The summed E-state index contributed by atoms with van der Waals surface area (Å²) in [4.78, 5) is 13.2. The quantitative estimate of drug-likeness (QED) is 0.451. The summed E-state index contributed by atoms with van der Waals surface area (Å²) in [5.74, 6) is 0.371. The third-order valence-electron chi connectivity index (χ3n) is 4.99. The molecule has 1 atom stereocenters. The normalized spacial score (nSPS) is 15.6. The molecule has 0 radical (unpaired) electrons. The predicted octanol–water partition coefficient (Wildman–Crippen LogP) is 3.81. The molecule has 0 aliphatic carbocycles. The van der Waals surface area contributed by atoms with E-state index < -0.39 is 0 Å². The van der Waals surface area contributed by atoms with Gasteiger partial charge in [-0.05, 0) is 35.9 Å². The Morgan fingerprint density at radius 1 is 1.03 bits per heavy atom. The first-order valence-electron chi connectivity index (χ1n) is 10.1. The molecule has 0 spiro atoms. The van der Waals surface area contributed by atoms with E-state index in [0.717, 1.165) is 35.9 Å². The van der Waals surface area contributed by atoms with Gasteiger partial charge < -0.3 is 24.3 Å². The molecule has 4 aromatic rings. The van der Waals surface area contributed by atoms with Crippen molar-refractivity contribution in [2.45, 2.75) is 37.4 Å². The Morgan fingerprint density at radius 2 is 1.87 bits per heavy atom. The van der Waals surface area contributed by atoms with Crippen LogP contribution in [0.25, 0.3) is 11.2 Å². The Hall–Kier alpha value is -3.46. The van der Waals surface area contributed by atoms with E-state index in [0.29, 0.717) is 22.8 Å². The Balaban J connectivity index is 1.31. The number of hydrogen-bond donors (Lipinski definition) is 1. The molecule has 2 N–H and O–H groups in total. The Kier molecular flexibility index (Phi) is 5.49. The number of nitrogen functional groups attached to an aromatic ring is 1. The standard InChI is InChI=1S/C22H22N6O2S/c23-20-19-21(25-15-24-20)28(12-6-11-27-9-4-5-10-27)22(26-19)31-18-14-29-17(30-18)13-16-7-2-1-3-8-16/h1-5,7-10,14-15,17H,6,11-13H2,(H2,23,24,25). The molecule has 1 aromatic carbocycles. The van der Waals surface area contributed by atoms with Crippen molar-refractivity contribution in [2.75, 3.05) is 5.73 Å². The van der Waals surface area contributed by atoms with Gasteiger partial charge in [0, 0.05) is 31.9 Å². The van der Waals surface area contributed by atoms with Gasteiger partial charge in [0.2, 0.25) is 6.29 Å². The molecule has 8 nitrogen and oxygen atoms in total. The van der Waals surface area contributed by atoms with E-state index in [4.69, 9.17) is 20.2 Å². The number of fused-ring (bicyclic) bond motifs is 1. The highest BCUT2D eigenvalue weighted by molar-refractivity contribution is 8.02. The Morgan fingerprint density at radius 3 is 2.71 bits per heavy atom. The second-order valence-corrected chi connectivity index (χ2v) is 8.14. The van der Waals surface area contributed by atoms with E-state index in [2.05, 4.69) is 43.6 Å². The van der Waals surface area contributed by atoms with Crippen LogP contribution in [0.2, 0.25) is 0 Å². The zero-order valence-corrected chi connectivity index (χ0v) is 17.6. The number of aryl methyl sites for hydroxylation is 2. The maximum Gasteiger partial charge on any atom is 0.245 e. The van der Waals surface area contributed by atoms with E-state index in [1.807, 2.05) is 30.3 Å². The smallest absolute Gasteiger partial charge is 0.245 e. The molecule has 1 aliphatic heterocycles. The van der Waals surface area contributed by atoms with E-state index in [1.165, 1.54) is 18.1 Å². The molecule has 0 saturated carbocycles. The lowest BCUT2D eigenvalue weighted by atomic mass is 10.1. The molecule has 0 fully saturated rings. The van der Waals surface area contributed by atoms with Gasteiger partial charge in [-0.2, -0.15) is 0 Å². The lowest BCUT2D eigenvalue weighted by Crippen LogP contribution is -2.11. The summed E-state index contributed by atoms with van der Waals surface area (Å²) in [7, 11) is 0. The summed E-state index contributed by atoms with van der Waals surface area (Å²) in [6.45, 7) is 1.65. The summed E-state index contributed by atoms with van der Waals surface area (Å²) in [5.41, 5.74) is 8.54. The minimum atomic E-state index is -0.346. The minimum absolute atomic E-state index is 0.346. The van der Waals surface area contributed by atoms with Gasteiger partial charge >= 0.3 is 0 Å². The SMILES string of the molecule is Nc1ncnc2c1nc(SC1=COC(Cc3ccccc3)O1)n2CCCn1cccc1. The van der Waals surface area contributed by atoms with Crippen LogP contribution in [-0.4, -0.2) is 30.4 Å². The molecule has 1 aliphatic rings. The number of anilines is 1. The highest BCUT2D eigenvalue weighted by Gasteiger charge is 2.24. The van der Waals surface area contributed by atoms with Crippen LogP contribution in [0.3, 0.4) is 0 Å². The van der Waals surface area contributed by atoms with E-state index >= 15 is 0 Å². The van der Waals surface area contributed by atoms with Gasteiger partial charge in [-0.15, -0.1) is 0 Å². The Labute approximate surface area is 183 Å². The molecule has 9 heteroatoms. The molecular weight excluding hydrogens is 412 g/mol. The molecule has 0 amide bonds. The van der Waals surface area contributed by atoms with E-state index in [9.17, 15) is 0 Å². The average molecular weight is 435 g/mol. The largest absolute Gasteiger partial charge is 0.458 e. The van der Waals surface area contributed by atoms with Crippen LogP contribution < -0.4 is 5.73 Å². The maximum absolute atomic E-state index is 6.05. The molecule has 31 heavy (non-hydrogen) atoms. The predicted molar refractivity (Wildman–Crippen MR) is 119 cm³/mol. The highest BCUT2D eigenvalue weighted by Crippen LogP contribution is 2.34. The summed E-state index contributed by atoms with van der Waals surface area (Å²) >= 11 is 1.41. The second-order valence-electron chi connectivity index (χ2n) is 7.16. The number of hydrogen-bond acceptors (Lipinski definition) is 7. The zero-order chi connectivity index (χ0) is 21.0. The lowest BCUT2D eigenvalue weighted by molar-refractivity contribution is -0.0236. The third-order valence-corrected chi connectivity index (χ3v) is 5.88. The Bertz CT molecular complexity index is 1190. The van der Waals surface area contributed by atoms with Crippen LogP contribution in [0.15, 0.2) is 77.7 Å². The topological polar surface area (TPSA) is 93.0 Å². The summed E-state index contributed by atoms with van der Waals surface area (Å²) < 4.78 is 15.9. The lowest BCUT2D eigenvalue weighted by Gasteiger charge is -2.12. The first-order valence-corrected chi connectivity index (χ1v) is 10.9. The number of ether oxygens (including phenoxy) is 2. The summed E-state index contributed by atoms with van der Waals surface area (Å²) in [6, 6.07) is 14.2. The summed E-state index contributed by atoms with van der Waals surface area (Å²) in [5, 5.41) is 1.42. The fourth-order valence-corrected chi connectivity index (χ4v) is 4.36. The summed E-state index contributed by atoms with van der Waals surface area (Å²) in [6.07, 6.45) is 8.49. The number of rotatable bonds is 8. The van der Waals surface area contributed by atoms with Gasteiger partial charge in [-0.25, -0.2) is 15.0 Å². The van der Waals surface area contributed by atoms with Crippen molar-refractivity contribution in [3.05, 3.63) is 78.1 Å². The van der Waals surface area contributed by atoms with E-state index in [1.54, 1.807) is 6.26 Å². The van der Waals surface area contributed by atoms with Crippen molar-refractivity contribution < 1.29 is 9.47 Å². The van der Waals surface area contributed by atoms with Gasteiger partial charge in [-0.1, -0.05) is 30.3 Å². The van der Waals surface area contributed by atoms with Gasteiger partial charge in [0.05, 0.1) is 0 Å². The molecule has 1 unspecified atom stereocenters. The highest BCUT2D eigenvalue weighted by atomic mass is 32.2. The fraction of sp³-hybridized carbons (Fsp3) is 0.227. The van der Waals surface area contributed by atoms with Crippen molar-refractivity contribution in [1.29, 1.82) is 0 Å². The van der Waals surface area contributed by atoms with Crippen LogP contribution in [-0.2, 0) is 29.0 Å². The molecule has 4 heterocycles. The van der Waals surface area contributed by atoms with Crippen molar-refractivity contribution in [3.63, 3.8) is 0 Å². The number of thioether (sulfide) groups is 1. The van der Waals surface area contributed by atoms with Gasteiger partial charge in [0.1, 0.15) is 12.6 Å². The first kappa shape index (κ1) is 19.5. The number of nitrogens with two attached hydrogens (primary N) is 1. The second kappa shape index (κ2) is 8.73. The fourth-order valence-electron chi connectivity index (χ4n) is 3.50. The number of nitrogens with zero attached hydrogens (tertiary/aromatic N) is 5. The maximum atomic E-state index is 6.05. The zero-order valence-electron chi connectivity index (χ0n) is 16.8. The average Bonchev–Trinajstić information content (AvgIpc) is 3.52. The minimum Gasteiger partial charge on any atom is -0.458 e. The molecule has 0 saturated heterocycles. The van der Waals surface area contributed by atoms with Crippen LogP contribution >= 0.6 is 11.8 Å². The van der Waals surface area contributed by atoms with Crippen molar-refractivity contribution in [3.8, 4) is 0 Å². The van der Waals surface area contributed by atoms with Crippen LogP contribution in [0.5, 0.6) is 0 Å². The van der Waals surface area contributed by atoms with Crippen LogP contribution in [0.4, 0.5) is 5.82 Å².